The molecule has 3 rings (SSSR count). The van der Waals surface area contributed by atoms with E-state index >= 15 is 0 Å². The van der Waals surface area contributed by atoms with E-state index in [2.05, 4.69) is 20.9 Å². The number of aromatic nitrogens is 1. The predicted molar refractivity (Wildman–Crippen MR) is 111 cm³/mol. The Morgan fingerprint density at radius 2 is 1.90 bits per heavy atom. The van der Waals surface area contributed by atoms with E-state index in [0.717, 1.165) is 25.7 Å². The summed E-state index contributed by atoms with van der Waals surface area (Å²) in [4.78, 5) is 40.5. The highest BCUT2D eigenvalue weighted by Crippen LogP contribution is 2.20. The molecule has 1 aromatic carbocycles. The molecule has 154 valence electrons. The van der Waals surface area contributed by atoms with Gasteiger partial charge in [-0.3, -0.25) is 10.1 Å². The molecule has 0 radical (unpaired) electrons. The molecule has 0 bridgehead atoms. The number of methoxy groups -OCH3 is 1. The largest absolute Gasteiger partial charge is 0.465 e. The molecule has 0 unspecified atom stereocenters. The lowest BCUT2D eigenvalue weighted by molar-refractivity contribution is -0.115. The fourth-order valence-electron chi connectivity index (χ4n) is 3.25. The number of nitrogens with one attached hydrogen (secondary N) is 3. The van der Waals surface area contributed by atoms with Crippen molar-refractivity contribution in [3.8, 4) is 0 Å². The SMILES string of the molecule is COC(=O)c1ccccc1NC(=O)Cc1csc(NC(=O)NC2CCCCC2)n1. The molecule has 0 saturated heterocycles. The Morgan fingerprint density at radius 1 is 1.14 bits per heavy atom. The van der Waals surface area contributed by atoms with Crippen molar-refractivity contribution in [1.29, 1.82) is 0 Å². The monoisotopic (exact) mass is 416 g/mol. The number of carbonyl (C=O) groups is 3. The van der Waals surface area contributed by atoms with Gasteiger partial charge in [-0.15, -0.1) is 11.3 Å². The van der Waals surface area contributed by atoms with Crippen molar-refractivity contribution in [1.82, 2.24) is 10.3 Å². The van der Waals surface area contributed by atoms with E-state index in [1.54, 1.807) is 29.6 Å². The lowest BCUT2D eigenvalue weighted by Gasteiger charge is -2.22. The summed E-state index contributed by atoms with van der Waals surface area (Å²) < 4.78 is 4.72. The summed E-state index contributed by atoms with van der Waals surface area (Å²) in [5.74, 6) is -0.838. The van der Waals surface area contributed by atoms with E-state index in [1.807, 2.05) is 0 Å². The van der Waals surface area contributed by atoms with Crippen LogP contribution in [-0.4, -0.2) is 36.0 Å². The Balaban J connectivity index is 1.52. The molecule has 0 aliphatic heterocycles. The van der Waals surface area contributed by atoms with Crippen LogP contribution in [0.1, 0.15) is 48.2 Å². The van der Waals surface area contributed by atoms with Crippen LogP contribution >= 0.6 is 11.3 Å². The number of ether oxygens (including phenoxy) is 1. The second kappa shape index (κ2) is 10.0. The smallest absolute Gasteiger partial charge is 0.339 e. The average molecular weight is 417 g/mol. The topological polar surface area (TPSA) is 109 Å². The highest BCUT2D eigenvalue weighted by Gasteiger charge is 2.17. The Morgan fingerprint density at radius 3 is 2.66 bits per heavy atom. The van der Waals surface area contributed by atoms with E-state index in [1.165, 1.54) is 24.9 Å². The zero-order valence-corrected chi connectivity index (χ0v) is 17.0. The van der Waals surface area contributed by atoms with Crippen molar-refractivity contribution in [2.75, 3.05) is 17.7 Å². The number of benzene rings is 1. The summed E-state index contributed by atoms with van der Waals surface area (Å²) in [6, 6.07) is 6.57. The highest BCUT2D eigenvalue weighted by molar-refractivity contribution is 7.13. The molecule has 1 aliphatic rings. The van der Waals surface area contributed by atoms with E-state index in [9.17, 15) is 14.4 Å². The number of urea groups is 1. The van der Waals surface area contributed by atoms with Gasteiger partial charge in [-0.25, -0.2) is 14.6 Å². The van der Waals surface area contributed by atoms with Crippen LogP contribution in [0.2, 0.25) is 0 Å². The molecule has 3 N–H and O–H groups in total. The fourth-order valence-corrected chi connectivity index (χ4v) is 3.96. The standard InChI is InChI=1S/C20H24N4O4S/c1-28-18(26)15-9-5-6-10-16(15)23-17(25)11-14-12-29-20(22-14)24-19(27)21-13-7-3-2-4-8-13/h5-6,9-10,12-13H,2-4,7-8,11H2,1H3,(H,23,25)(H2,21,22,24,27). The normalized spacial score (nSPS) is 14.1. The van der Waals surface area contributed by atoms with Crippen LogP contribution in [-0.2, 0) is 16.0 Å². The van der Waals surface area contributed by atoms with Crippen molar-refractivity contribution in [2.45, 2.75) is 44.6 Å². The van der Waals surface area contributed by atoms with E-state index in [4.69, 9.17) is 4.74 Å². The van der Waals surface area contributed by atoms with Gasteiger partial charge in [0.2, 0.25) is 5.91 Å². The number of amides is 3. The third-order valence-electron chi connectivity index (χ3n) is 4.66. The van der Waals surface area contributed by atoms with Gasteiger partial charge in [0.05, 0.1) is 30.5 Å². The minimum atomic E-state index is -0.523. The van der Waals surface area contributed by atoms with Gasteiger partial charge >= 0.3 is 12.0 Å². The summed E-state index contributed by atoms with van der Waals surface area (Å²) in [6.45, 7) is 0. The summed E-state index contributed by atoms with van der Waals surface area (Å²) in [5, 5.41) is 10.6. The van der Waals surface area contributed by atoms with Gasteiger partial charge in [0.1, 0.15) is 0 Å². The Hall–Kier alpha value is -2.94. The van der Waals surface area contributed by atoms with Gasteiger partial charge in [-0.1, -0.05) is 31.4 Å². The summed E-state index contributed by atoms with van der Waals surface area (Å²) in [6.07, 6.45) is 5.54. The molecular formula is C20H24N4O4S. The number of para-hydroxylation sites is 1. The molecule has 0 atom stereocenters. The zero-order valence-electron chi connectivity index (χ0n) is 16.2. The van der Waals surface area contributed by atoms with E-state index in [-0.39, 0.29) is 30.0 Å². The maximum Gasteiger partial charge on any atom is 0.339 e. The Kier molecular flexibility index (Phi) is 7.18. The number of thiazole rings is 1. The van der Waals surface area contributed by atoms with Crippen LogP contribution in [0, 0.1) is 0 Å². The van der Waals surface area contributed by atoms with Crippen LogP contribution in [0.4, 0.5) is 15.6 Å². The van der Waals surface area contributed by atoms with Crippen molar-refractivity contribution in [3.05, 3.63) is 40.9 Å². The van der Waals surface area contributed by atoms with Crippen LogP contribution < -0.4 is 16.0 Å². The molecule has 1 aliphatic carbocycles. The molecule has 9 heteroatoms. The number of rotatable bonds is 6. The Bertz CT molecular complexity index is 877. The molecule has 1 heterocycles. The number of nitrogens with zero attached hydrogens (tertiary/aromatic N) is 1. The maximum absolute atomic E-state index is 12.3. The van der Waals surface area contributed by atoms with E-state index < -0.39 is 5.97 Å². The third-order valence-corrected chi connectivity index (χ3v) is 5.47. The highest BCUT2D eigenvalue weighted by atomic mass is 32.1. The van der Waals surface area contributed by atoms with Gasteiger partial charge in [-0.05, 0) is 25.0 Å². The molecule has 1 saturated carbocycles. The lowest BCUT2D eigenvalue weighted by Crippen LogP contribution is -2.39. The van der Waals surface area contributed by atoms with Crippen molar-refractivity contribution >= 4 is 40.1 Å². The molecule has 1 fully saturated rings. The van der Waals surface area contributed by atoms with E-state index in [0.29, 0.717) is 16.5 Å². The third kappa shape index (κ3) is 6.02. The van der Waals surface area contributed by atoms with Crippen molar-refractivity contribution < 1.29 is 19.1 Å². The van der Waals surface area contributed by atoms with Gasteiger partial charge in [-0.2, -0.15) is 0 Å². The lowest BCUT2D eigenvalue weighted by atomic mass is 9.96. The van der Waals surface area contributed by atoms with Crippen molar-refractivity contribution in [3.63, 3.8) is 0 Å². The summed E-state index contributed by atoms with van der Waals surface area (Å²) in [5.41, 5.74) is 1.20. The van der Waals surface area contributed by atoms with Crippen LogP contribution in [0.5, 0.6) is 0 Å². The molecule has 8 nitrogen and oxygen atoms in total. The van der Waals surface area contributed by atoms with Crippen LogP contribution in [0.3, 0.4) is 0 Å². The first kappa shape index (κ1) is 20.8. The molecule has 2 aromatic rings. The number of carbonyl (C=O) groups excluding carboxylic acids is 3. The Labute approximate surface area is 173 Å². The predicted octanol–water partition coefficient (Wildman–Crippen LogP) is 3.57. The minimum Gasteiger partial charge on any atom is -0.465 e. The van der Waals surface area contributed by atoms with Gasteiger partial charge in [0.15, 0.2) is 5.13 Å². The first-order valence-electron chi connectivity index (χ1n) is 9.54. The quantitative estimate of drug-likeness (QED) is 0.624. The average Bonchev–Trinajstić information content (AvgIpc) is 3.14. The van der Waals surface area contributed by atoms with Gasteiger partial charge in [0.25, 0.3) is 0 Å². The summed E-state index contributed by atoms with van der Waals surface area (Å²) in [7, 11) is 1.29. The number of anilines is 2. The van der Waals surface area contributed by atoms with Gasteiger partial charge < -0.3 is 15.4 Å². The fraction of sp³-hybridized carbons (Fsp3) is 0.400. The second-order valence-corrected chi connectivity index (χ2v) is 7.70. The van der Waals surface area contributed by atoms with Gasteiger partial charge in [0, 0.05) is 11.4 Å². The molecule has 3 amide bonds. The molecular weight excluding hydrogens is 392 g/mol. The van der Waals surface area contributed by atoms with Crippen molar-refractivity contribution in [2.24, 2.45) is 0 Å². The molecule has 0 spiro atoms. The zero-order chi connectivity index (χ0) is 20.6. The first-order valence-corrected chi connectivity index (χ1v) is 10.4. The van der Waals surface area contributed by atoms with Crippen LogP contribution in [0.25, 0.3) is 0 Å². The molecule has 29 heavy (non-hydrogen) atoms. The second-order valence-electron chi connectivity index (χ2n) is 6.84. The number of hydrogen-bond acceptors (Lipinski definition) is 6. The molecule has 1 aromatic heterocycles. The number of hydrogen-bond donors (Lipinski definition) is 3. The first-order chi connectivity index (χ1) is 14.0. The van der Waals surface area contributed by atoms with Crippen LogP contribution in [0.15, 0.2) is 29.6 Å². The summed E-state index contributed by atoms with van der Waals surface area (Å²) >= 11 is 1.26. The number of esters is 1. The maximum atomic E-state index is 12.3. The minimum absolute atomic E-state index is 0.0257.